The smallest absolute Gasteiger partial charge is 0.253 e. The summed E-state index contributed by atoms with van der Waals surface area (Å²) in [6.45, 7) is 11.3. The summed E-state index contributed by atoms with van der Waals surface area (Å²) in [5, 5.41) is 0. The Hall–Kier alpha value is -1.99. The van der Waals surface area contributed by atoms with Gasteiger partial charge < -0.3 is 14.7 Å². The van der Waals surface area contributed by atoms with Crippen molar-refractivity contribution in [2.24, 2.45) is 0 Å². The highest BCUT2D eigenvalue weighted by Crippen LogP contribution is 2.14. The molecule has 0 radical (unpaired) electrons. The Morgan fingerprint density at radius 1 is 0.929 bits per heavy atom. The molecule has 0 spiro atoms. The monoisotopic (exact) mass is 390 g/mol. The van der Waals surface area contributed by atoms with Gasteiger partial charge in [-0.1, -0.05) is 6.92 Å². The second-order valence-corrected chi connectivity index (χ2v) is 7.62. The largest absolute Gasteiger partial charge is 0.339 e. The van der Waals surface area contributed by atoms with Gasteiger partial charge >= 0.3 is 0 Å². The van der Waals surface area contributed by atoms with Gasteiger partial charge in [0.15, 0.2) is 0 Å². The van der Waals surface area contributed by atoms with Crippen LogP contribution in [0.2, 0.25) is 0 Å². The van der Waals surface area contributed by atoms with Crippen LogP contribution in [0.3, 0.4) is 0 Å². The van der Waals surface area contributed by atoms with Crippen molar-refractivity contribution in [1.82, 2.24) is 19.6 Å². The van der Waals surface area contributed by atoms with E-state index in [4.69, 9.17) is 0 Å². The van der Waals surface area contributed by atoms with E-state index in [9.17, 15) is 14.0 Å². The minimum atomic E-state index is -0.342. The first kappa shape index (κ1) is 20.7. The Labute approximate surface area is 166 Å². The third-order valence-electron chi connectivity index (χ3n) is 5.95. The molecule has 2 heterocycles. The van der Waals surface area contributed by atoms with Gasteiger partial charge in [-0.05, 0) is 44.2 Å². The highest BCUT2D eigenvalue weighted by molar-refractivity contribution is 5.94. The fourth-order valence-electron chi connectivity index (χ4n) is 4.01. The minimum absolute atomic E-state index is 0.0727. The Morgan fingerprint density at radius 3 is 2.21 bits per heavy atom. The number of rotatable bonds is 4. The summed E-state index contributed by atoms with van der Waals surface area (Å²) in [7, 11) is 0. The van der Waals surface area contributed by atoms with E-state index in [1.807, 2.05) is 16.7 Å². The topological polar surface area (TPSA) is 47.1 Å². The van der Waals surface area contributed by atoms with Crippen LogP contribution >= 0.6 is 0 Å². The second kappa shape index (κ2) is 9.47. The SMILES string of the molecule is CCN1CCN(C(=O)C(C)N2CCCN(C(=O)c3ccc(F)cc3)CC2)CC1. The van der Waals surface area contributed by atoms with Gasteiger partial charge in [0.1, 0.15) is 5.82 Å². The molecule has 28 heavy (non-hydrogen) atoms. The summed E-state index contributed by atoms with van der Waals surface area (Å²) in [4.78, 5) is 33.9. The summed E-state index contributed by atoms with van der Waals surface area (Å²) in [6.07, 6.45) is 0.828. The maximum absolute atomic E-state index is 13.1. The van der Waals surface area contributed by atoms with Gasteiger partial charge in [-0.2, -0.15) is 0 Å². The van der Waals surface area contributed by atoms with E-state index in [2.05, 4.69) is 16.7 Å². The zero-order chi connectivity index (χ0) is 20.1. The van der Waals surface area contributed by atoms with E-state index < -0.39 is 0 Å². The lowest BCUT2D eigenvalue weighted by atomic mass is 10.2. The number of amides is 2. The number of nitrogens with zero attached hydrogens (tertiary/aromatic N) is 4. The number of halogens is 1. The summed E-state index contributed by atoms with van der Waals surface area (Å²) < 4.78 is 13.1. The van der Waals surface area contributed by atoms with Crippen molar-refractivity contribution in [1.29, 1.82) is 0 Å². The summed E-state index contributed by atoms with van der Waals surface area (Å²) >= 11 is 0. The van der Waals surface area contributed by atoms with Crippen molar-refractivity contribution in [3.8, 4) is 0 Å². The average molecular weight is 391 g/mol. The van der Waals surface area contributed by atoms with Crippen LogP contribution < -0.4 is 0 Å². The van der Waals surface area contributed by atoms with Crippen molar-refractivity contribution in [3.05, 3.63) is 35.6 Å². The number of carbonyl (C=O) groups excluding carboxylic acids is 2. The summed E-state index contributed by atoms with van der Waals surface area (Å²) in [6, 6.07) is 5.52. The van der Waals surface area contributed by atoms with Gasteiger partial charge in [-0.25, -0.2) is 4.39 Å². The first-order chi connectivity index (χ1) is 13.5. The standard InChI is InChI=1S/C21H31FN4O2/c1-3-23-11-13-26(14-12-23)20(27)17(2)24-9-4-10-25(16-15-24)21(28)18-5-7-19(22)8-6-18/h5-8,17H,3-4,9-16H2,1-2H3. The molecular weight excluding hydrogens is 359 g/mol. The zero-order valence-electron chi connectivity index (χ0n) is 16.9. The second-order valence-electron chi connectivity index (χ2n) is 7.62. The molecule has 6 nitrogen and oxygen atoms in total. The molecule has 0 N–H and O–H groups in total. The minimum Gasteiger partial charge on any atom is -0.339 e. The van der Waals surface area contributed by atoms with Crippen molar-refractivity contribution >= 4 is 11.8 Å². The van der Waals surface area contributed by atoms with Crippen LogP contribution in [0.25, 0.3) is 0 Å². The molecule has 1 aromatic rings. The van der Waals surface area contributed by atoms with E-state index in [1.54, 1.807) is 0 Å². The van der Waals surface area contributed by atoms with Gasteiger partial charge in [0, 0.05) is 57.9 Å². The maximum atomic E-state index is 13.1. The zero-order valence-corrected chi connectivity index (χ0v) is 16.9. The van der Waals surface area contributed by atoms with E-state index in [0.717, 1.165) is 45.7 Å². The van der Waals surface area contributed by atoms with Gasteiger partial charge in [-0.3, -0.25) is 14.5 Å². The molecule has 2 saturated heterocycles. The highest BCUT2D eigenvalue weighted by atomic mass is 19.1. The van der Waals surface area contributed by atoms with Crippen LogP contribution in [0.4, 0.5) is 4.39 Å². The van der Waals surface area contributed by atoms with Gasteiger partial charge in [0.2, 0.25) is 5.91 Å². The third kappa shape index (κ3) is 4.89. The van der Waals surface area contributed by atoms with E-state index >= 15 is 0 Å². The van der Waals surface area contributed by atoms with Crippen LogP contribution in [0.5, 0.6) is 0 Å². The molecule has 2 amide bonds. The van der Waals surface area contributed by atoms with Crippen molar-refractivity contribution in [2.75, 3.05) is 58.9 Å². The predicted octanol–water partition coefficient (Wildman–Crippen LogP) is 1.53. The van der Waals surface area contributed by atoms with Crippen molar-refractivity contribution in [2.45, 2.75) is 26.3 Å². The normalized spacial score (nSPS) is 20.7. The molecule has 1 atom stereocenters. The summed E-state index contributed by atoms with van der Waals surface area (Å²) in [5.41, 5.74) is 0.507. The van der Waals surface area contributed by atoms with Gasteiger partial charge in [0.25, 0.3) is 5.91 Å². The highest BCUT2D eigenvalue weighted by Gasteiger charge is 2.30. The number of hydrogen-bond donors (Lipinski definition) is 0. The first-order valence-electron chi connectivity index (χ1n) is 10.3. The van der Waals surface area contributed by atoms with Gasteiger partial charge in [0.05, 0.1) is 6.04 Å². The first-order valence-corrected chi connectivity index (χ1v) is 10.3. The third-order valence-corrected chi connectivity index (χ3v) is 5.95. The molecule has 1 aromatic carbocycles. The number of hydrogen-bond acceptors (Lipinski definition) is 4. The molecular formula is C21H31FN4O2. The van der Waals surface area contributed by atoms with Crippen LogP contribution in [0.15, 0.2) is 24.3 Å². The molecule has 154 valence electrons. The van der Waals surface area contributed by atoms with Crippen molar-refractivity contribution < 1.29 is 14.0 Å². The van der Waals surface area contributed by atoms with Crippen LogP contribution in [-0.2, 0) is 4.79 Å². The van der Waals surface area contributed by atoms with Crippen LogP contribution in [-0.4, -0.2) is 96.4 Å². The number of benzene rings is 1. The van der Waals surface area contributed by atoms with Crippen molar-refractivity contribution in [3.63, 3.8) is 0 Å². The Morgan fingerprint density at radius 2 is 1.57 bits per heavy atom. The maximum Gasteiger partial charge on any atom is 0.253 e. The van der Waals surface area contributed by atoms with Crippen LogP contribution in [0, 0.1) is 5.82 Å². The number of piperazine rings is 1. The molecule has 3 rings (SSSR count). The van der Waals surface area contributed by atoms with E-state index in [0.29, 0.717) is 25.2 Å². The quantitative estimate of drug-likeness (QED) is 0.782. The molecule has 0 aromatic heterocycles. The molecule has 2 aliphatic heterocycles. The number of likely N-dealkylation sites (N-methyl/N-ethyl adjacent to an activating group) is 1. The molecule has 0 bridgehead atoms. The lowest BCUT2D eigenvalue weighted by Gasteiger charge is -2.37. The Balaban J connectivity index is 1.54. The van der Waals surface area contributed by atoms with Crippen LogP contribution in [0.1, 0.15) is 30.6 Å². The predicted molar refractivity (Wildman–Crippen MR) is 107 cm³/mol. The Kier molecular flexibility index (Phi) is 7.02. The van der Waals surface area contributed by atoms with Gasteiger partial charge in [-0.15, -0.1) is 0 Å². The molecule has 2 aliphatic rings. The lowest BCUT2D eigenvalue weighted by Crippen LogP contribution is -2.54. The molecule has 2 fully saturated rings. The fraction of sp³-hybridized carbons (Fsp3) is 0.619. The van der Waals surface area contributed by atoms with E-state index in [-0.39, 0.29) is 23.7 Å². The Bertz CT molecular complexity index is 673. The average Bonchev–Trinajstić information content (AvgIpc) is 2.99. The fourth-order valence-corrected chi connectivity index (χ4v) is 4.01. The molecule has 7 heteroatoms. The molecule has 1 unspecified atom stereocenters. The number of carbonyl (C=O) groups is 2. The molecule has 0 aliphatic carbocycles. The lowest BCUT2D eigenvalue weighted by molar-refractivity contribution is -0.138. The van der Waals surface area contributed by atoms with E-state index in [1.165, 1.54) is 24.3 Å². The molecule has 0 saturated carbocycles. The summed E-state index contributed by atoms with van der Waals surface area (Å²) in [5.74, 6) is -0.226.